The molecule has 15 heavy (non-hydrogen) atoms. The summed E-state index contributed by atoms with van der Waals surface area (Å²) in [6.07, 6.45) is 3.08. The smallest absolute Gasteiger partial charge is 0.313 e. The molecule has 1 rings (SSSR count). The number of methoxy groups -OCH3 is 1. The van der Waals surface area contributed by atoms with E-state index >= 15 is 0 Å². The van der Waals surface area contributed by atoms with Crippen LogP contribution in [-0.2, 0) is 9.53 Å². The molecule has 0 unspecified atom stereocenters. The van der Waals surface area contributed by atoms with Gasteiger partial charge in [-0.25, -0.2) is 0 Å². The fourth-order valence-electron chi connectivity index (χ4n) is 1.90. The van der Waals surface area contributed by atoms with E-state index in [-0.39, 0.29) is 11.4 Å². The second-order valence-electron chi connectivity index (χ2n) is 4.61. The third kappa shape index (κ3) is 3.18. The molecule has 0 aromatic heterocycles. The van der Waals surface area contributed by atoms with Gasteiger partial charge in [0, 0.05) is 19.6 Å². The Morgan fingerprint density at radius 1 is 1.47 bits per heavy atom. The maximum Gasteiger partial charge on any atom is 0.313 e. The van der Waals surface area contributed by atoms with Crippen molar-refractivity contribution < 1.29 is 9.53 Å². The first-order valence-electron chi connectivity index (χ1n) is 5.54. The Balaban J connectivity index is 2.25. The molecule has 0 bridgehead atoms. The number of nitrogens with zero attached hydrogens (tertiary/aromatic N) is 1. The molecule has 0 aromatic rings. The molecule has 0 aliphatic heterocycles. The minimum atomic E-state index is -0.221. The molecule has 4 nitrogen and oxygen atoms in total. The third-order valence-corrected chi connectivity index (χ3v) is 3.13. The van der Waals surface area contributed by atoms with Crippen molar-refractivity contribution in [2.24, 2.45) is 5.41 Å². The summed E-state index contributed by atoms with van der Waals surface area (Å²) < 4.78 is 4.85. The summed E-state index contributed by atoms with van der Waals surface area (Å²) in [5.41, 5.74) is -0.221. The Bertz CT molecular complexity index is 213. The summed E-state index contributed by atoms with van der Waals surface area (Å²) in [6.45, 7) is 2.68. The molecule has 0 radical (unpaired) electrons. The molecule has 1 aliphatic carbocycles. The second kappa shape index (κ2) is 5.47. The van der Waals surface area contributed by atoms with Gasteiger partial charge in [0.05, 0.1) is 12.5 Å². The van der Waals surface area contributed by atoms with E-state index in [1.54, 1.807) is 0 Å². The number of carbonyl (C=O) groups excluding carboxylic acids is 1. The molecule has 0 amide bonds. The molecule has 1 aliphatic rings. The van der Waals surface area contributed by atoms with Crippen molar-refractivity contribution in [2.45, 2.75) is 19.3 Å². The van der Waals surface area contributed by atoms with Crippen LogP contribution in [0, 0.1) is 5.41 Å². The zero-order valence-electron chi connectivity index (χ0n) is 10.0. The number of esters is 1. The highest BCUT2D eigenvalue weighted by Crippen LogP contribution is 2.41. The van der Waals surface area contributed by atoms with E-state index in [0.717, 1.165) is 38.9 Å². The first kappa shape index (κ1) is 12.5. The largest absolute Gasteiger partial charge is 0.469 e. The molecular formula is C11H22N2O2. The predicted molar refractivity (Wildman–Crippen MR) is 59.7 cm³/mol. The van der Waals surface area contributed by atoms with Gasteiger partial charge in [-0.2, -0.15) is 0 Å². The monoisotopic (exact) mass is 214 g/mol. The minimum absolute atomic E-state index is 0.0499. The van der Waals surface area contributed by atoms with Crippen molar-refractivity contribution in [1.82, 2.24) is 10.2 Å². The van der Waals surface area contributed by atoms with Gasteiger partial charge in [-0.05, 0) is 26.9 Å². The predicted octanol–water partition coefficient (Wildman–Crippen LogP) is 0.481. The van der Waals surface area contributed by atoms with E-state index in [4.69, 9.17) is 4.74 Å². The van der Waals surface area contributed by atoms with Gasteiger partial charge in [-0.3, -0.25) is 4.79 Å². The van der Waals surface area contributed by atoms with Gasteiger partial charge in [0.15, 0.2) is 0 Å². The van der Waals surface area contributed by atoms with Gasteiger partial charge in [0.1, 0.15) is 0 Å². The lowest BCUT2D eigenvalue weighted by Gasteiger charge is -2.39. The Labute approximate surface area is 92.0 Å². The van der Waals surface area contributed by atoms with Crippen LogP contribution in [0.2, 0.25) is 0 Å². The van der Waals surface area contributed by atoms with E-state index in [1.165, 1.54) is 7.11 Å². The number of rotatable bonds is 6. The van der Waals surface area contributed by atoms with E-state index < -0.39 is 0 Å². The molecular weight excluding hydrogens is 192 g/mol. The molecule has 0 saturated heterocycles. The van der Waals surface area contributed by atoms with Crippen LogP contribution >= 0.6 is 0 Å². The number of hydrogen-bond acceptors (Lipinski definition) is 4. The summed E-state index contributed by atoms with van der Waals surface area (Å²) >= 11 is 0. The average Bonchev–Trinajstić information content (AvgIpc) is 2.14. The van der Waals surface area contributed by atoms with Crippen LogP contribution in [0.5, 0.6) is 0 Å². The lowest BCUT2D eigenvalue weighted by atomic mass is 9.68. The number of carbonyl (C=O) groups is 1. The first-order valence-corrected chi connectivity index (χ1v) is 5.54. The quantitative estimate of drug-likeness (QED) is 0.516. The number of ether oxygens (including phenoxy) is 1. The molecule has 1 saturated carbocycles. The SMILES string of the molecule is COC(=O)C1(CNCCN(C)C)CCC1. The average molecular weight is 214 g/mol. The molecule has 88 valence electrons. The standard InChI is InChI=1S/C11H22N2O2/c1-13(2)8-7-12-9-11(5-4-6-11)10(14)15-3/h12H,4-9H2,1-3H3. The van der Waals surface area contributed by atoms with Crippen LogP contribution in [0.25, 0.3) is 0 Å². The lowest BCUT2D eigenvalue weighted by Crippen LogP contribution is -2.47. The Morgan fingerprint density at radius 2 is 2.13 bits per heavy atom. The van der Waals surface area contributed by atoms with Gasteiger partial charge in [0.25, 0.3) is 0 Å². The summed E-state index contributed by atoms with van der Waals surface area (Å²) in [5, 5.41) is 3.33. The molecule has 0 heterocycles. The van der Waals surface area contributed by atoms with E-state index in [2.05, 4.69) is 10.2 Å². The number of likely N-dealkylation sites (N-methyl/N-ethyl adjacent to an activating group) is 1. The van der Waals surface area contributed by atoms with Crippen molar-refractivity contribution in [3.63, 3.8) is 0 Å². The third-order valence-electron chi connectivity index (χ3n) is 3.13. The van der Waals surface area contributed by atoms with Gasteiger partial charge >= 0.3 is 5.97 Å². The topological polar surface area (TPSA) is 41.6 Å². The van der Waals surface area contributed by atoms with E-state index in [1.807, 2.05) is 14.1 Å². The highest BCUT2D eigenvalue weighted by molar-refractivity contribution is 5.78. The number of nitrogens with one attached hydrogen (secondary N) is 1. The zero-order chi connectivity index (χ0) is 11.3. The van der Waals surface area contributed by atoms with Crippen LogP contribution in [0.1, 0.15) is 19.3 Å². The molecule has 0 spiro atoms. The van der Waals surface area contributed by atoms with Crippen LogP contribution in [0.3, 0.4) is 0 Å². The van der Waals surface area contributed by atoms with Crippen molar-refractivity contribution in [2.75, 3.05) is 40.8 Å². The number of hydrogen-bond donors (Lipinski definition) is 1. The van der Waals surface area contributed by atoms with Gasteiger partial charge in [0.2, 0.25) is 0 Å². The molecule has 4 heteroatoms. The summed E-state index contributed by atoms with van der Waals surface area (Å²) in [4.78, 5) is 13.7. The van der Waals surface area contributed by atoms with Crippen LogP contribution < -0.4 is 5.32 Å². The lowest BCUT2D eigenvalue weighted by molar-refractivity contribution is -0.158. The highest BCUT2D eigenvalue weighted by atomic mass is 16.5. The summed E-state index contributed by atoms with van der Waals surface area (Å²) in [7, 11) is 5.56. The second-order valence-corrected chi connectivity index (χ2v) is 4.61. The Hall–Kier alpha value is -0.610. The van der Waals surface area contributed by atoms with E-state index in [0.29, 0.717) is 0 Å². The first-order chi connectivity index (χ1) is 7.10. The molecule has 0 atom stereocenters. The van der Waals surface area contributed by atoms with Crippen molar-refractivity contribution >= 4 is 5.97 Å². The van der Waals surface area contributed by atoms with Gasteiger partial charge < -0.3 is 15.0 Å². The molecule has 0 aromatic carbocycles. The van der Waals surface area contributed by atoms with Gasteiger partial charge in [-0.15, -0.1) is 0 Å². The van der Waals surface area contributed by atoms with Crippen molar-refractivity contribution in [3.05, 3.63) is 0 Å². The molecule has 1 N–H and O–H groups in total. The van der Waals surface area contributed by atoms with Crippen molar-refractivity contribution in [1.29, 1.82) is 0 Å². The highest BCUT2D eigenvalue weighted by Gasteiger charge is 2.44. The van der Waals surface area contributed by atoms with E-state index in [9.17, 15) is 4.79 Å². The minimum Gasteiger partial charge on any atom is -0.469 e. The fourth-order valence-corrected chi connectivity index (χ4v) is 1.90. The normalized spacial score (nSPS) is 18.7. The van der Waals surface area contributed by atoms with Crippen molar-refractivity contribution in [3.8, 4) is 0 Å². The zero-order valence-corrected chi connectivity index (χ0v) is 10.0. The van der Waals surface area contributed by atoms with Crippen LogP contribution in [0.4, 0.5) is 0 Å². The van der Waals surface area contributed by atoms with Crippen LogP contribution in [-0.4, -0.2) is 51.7 Å². The fraction of sp³-hybridized carbons (Fsp3) is 0.909. The molecule has 1 fully saturated rings. The van der Waals surface area contributed by atoms with Gasteiger partial charge in [-0.1, -0.05) is 6.42 Å². The van der Waals surface area contributed by atoms with Crippen LogP contribution in [0.15, 0.2) is 0 Å². The Kier molecular flexibility index (Phi) is 4.54. The maximum absolute atomic E-state index is 11.6. The summed E-state index contributed by atoms with van der Waals surface area (Å²) in [5.74, 6) is -0.0499. The Morgan fingerprint density at radius 3 is 2.53 bits per heavy atom. The maximum atomic E-state index is 11.6. The summed E-state index contributed by atoms with van der Waals surface area (Å²) in [6, 6.07) is 0.